The second-order valence-corrected chi connectivity index (χ2v) is 4.82. The smallest absolute Gasteiger partial charge is 0.363 e. The Morgan fingerprint density at radius 2 is 2.16 bits per heavy atom. The predicted molar refractivity (Wildman–Crippen MR) is 71.3 cm³/mol. The number of ether oxygens (including phenoxy) is 1. The van der Waals surface area contributed by atoms with Crippen molar-refractivity contribution in [1.29, 1.82) is 0 Å². The summed E-state index contributed by atoms with van der Waals surface area (Å²) in [7, 11) is 0. The molecule has 3 rings (SSSR count). The maximum absolute atomic E-state index is 13.1. The van der Waals surface area contributed by atoms with Crippen LogP contribution < -0.4 is 0 Å². The molecular formula is C14H8FNO2S. The van der Waals surface area contributed by atoms with Crippen LogP contribution in [0.4, 0.5) is 4.39 Å². The number of thiophene rings is 1. The Kier molecular flexibility index (Phi) is 2.97. The minimum absolute atomic E-state index is 0.175. The van der Waals surface area contributed by atoms with Crippen molar-refractivity contribution in [2.75, 3.05) is 0 Å². The lowest BCUT2D eigenvalue weighted by Gasteiger charge is -1.94. The Labute approximate surface area is 112 Å². The minimum atomic E-state index is -0.521. The topological polar surface area (TPSA) is 38.7 Å². The molecular weight excluding hydrogens is 265 g/mol. The Hall–Kier alpha value is -2.27. The number of hydrogen-bond donors (Lipinski definition) is 0. The highest BCUT2D eigenvalue weighted by molar-refractivity contribution is 7.12. The van der Waals surface area contributed by atoms with Crippen LogP contribution in [0.5, 0.6) is 0 Å². The second kappa shape index (κ2) is 4.78. The first-order valence-electron chi connectivity index (χ1n) is 5.54. The zero-order chi connectivity index (χ0) is 13.2. The lowest BCUT2D eigenvalue weighted by atomic mass is 10.2. The molecule has 1 aromatic carbocycles. The van der Waals surface area contributed by atoms with Crippen LogP contribution in [0.3, 0.4) is 0 Å². The highest BCUT2D eigenvalue weighted by Crippen LogP contribution is 2.21. The van der Waals surface area contributed by atoms with Gasteiger partial charge in [0, 0.05) is 0 Å². The van der Waals surface area contributed by atoms with Crippen LogP contribution in [0, 0.1) is 5.82 Å². The van der Waals surface area contributed by atoms with Crippen molar-refractivity contribution in [3.05, 3.63) is 63.7 Å². The summed E-state index contributed by atoms with van der Waals surface area (Å²) < 4.78 is 18.1. The van der Waals surface area contributed by atoms with E-state index in [0.29, 0.717) is 11.5 Å². The summed E-state index contributed by atoms with van der Waals surface area (Å²) in [5.74, 6) is -0.585. The van der Waals surface area contributed by atoms with Crippen molar-refractivity contribution in [3.63, 3.8) is 0 Å². The van der Waals surface area contributed by atoms with E-state index in [1.165, 1.54) is 29.5 Å². The molecule has 0 saturated heterocycles. The lowest BCUT2D eigenvalue weighted by molar-refractivity contribution is -0.129. The van der Waals surface area contributed by atoms with E-state index in [9.17, 15) is 9.18 Å². The number of carbonyl (C=O) groups is 1. The van der Waals surface area contributed by atoms with Crippen LogP contribution in [0.2, 0.25) is 0 Å². The molecule has 0 radical (unpaired) electrons. The molecule has 19 heavy (non-hydrogen) atoms. The molecule has 1 aromatic heterocycles. The van der Waals surface area contributed by atoms with E-state index in [-0.39, 0.29) is 11.5 Å². The van der Waals surface area contributed by atoms with Crippen molar-refractivity contribution in [3.8, 4) is 0 Å². The van der Waals surface area contributed by atoms with Gasteiger partial charge in [0.15, 0.2) is 5.70 Å². The van der Waals surface area contributed by atoms with E-state index in [0.717, 1.165) is 4.88 Å². The molecule has 0 amide bonds. The normalized spacial score (nSPS) is 16.6. The first-order valence-corrected chi connectivity index (χ1v) is 6.42. The molecule has 2 heterocycles. The van der Waals surface area contributed by atoms with E-state index < -0.39 is 5.97 Å². The number of esters is 1. The van der Waals surface area contributed by atoms with Gasteiger partial charge in [0.2, 0.25) is 5.90 Å². The number of aliphatic imine (C=N–C) groups is 1. The summed E-state index contributed by atoms with van der Waals surface area (Å²) in [5.41, 5.74) is 0.747. The summed E-state index contributed by atoms with van der Waals surface area (Å²) in [4.78, 5) is 16.6. The molecule has 5 heteroatoms. The molecule has 0 unspecified atom stereocenters. The van der Waals surface area contributed by atoms with Crippen molar-refractivity contribution in [1.82, 2.24) is 0 Å². The summed E-state index contributed by atoms with van der Waals surface area (Å²) in [6, 6.07) is 9.62. The number of carbonyl (C=O) groups excluding carboxylic acids is 1. The van der Waals surface area contributed by atoms with Gasteiger partial charge in [-0.25, -0.2) is 14.2 Å². The van der Waals surface area contributed by atoms with Crippen LogP contribution in [0.25, 0.3) is 6.08 Å². The molecule has 1 aliphatic heterocycles. The van der Waals surface area contributed by atoms with E-state index in [2.05, 4.69) is 4.99 Å². The SMILES string of the molecule is O=C1OC(c2cccs2)=N/C1=C\c1cccc(F)c1. The van der Waals surface area contributed by atoms with E-state index in [1.54, 1.807) is 12.1 Å². The summed E-state index contributed by atoms with van der Waals surface area (Å²) >= 11 is 1.44. The summed E-state index contributed by atoms with van der Waals surface area (Å²) in [6.07, 6.45) is 1.51. The van der Waals surface area contributed by atoms with Gasteiger partial charge in [0.1, 0.15) is 5.82 Å². The summed E-state index contributed by atoms with van der Waals surface area (Å²) in [6.45, 7) is 0. The maximum atomic E-state index is 13.1. The van der Waals surface area contributed by atoms with Gasteiger partial charge in [-0.1, -0.05) is 18.2 Å². The Morgan fingerprint density at radius 3 is 2.89 bits per heavy atom. The fourth-order valence-corrected chi connectivity index (χ4v) is 2.32. The number of rotatable bonds is 2. The van der Waals surface area contributed by atoms with Crippen LogP contribution in [-0.4, -0.2) is 11.9 Å². The van der Waals surface area contributed by atoms with Crippen molar-refractivity contribution in [2.45, 2.75) is 0 Å². The summed E-state index contributed by atoms with van der Waals surface area (Å²) in [5, 5.41) is 1.87. The Bertz CT molecular complexity index is 689. The number of nitrogens with zero attached hydrogens (tertiary/aromatic N) is 1. The first kappa shape index (κ1) is 11.8. The molecule has 3 nitrogen and oxygen atoms in total. The van der Waals surface area contributed by atoms with E-state index in [4.69, 9.17) is 4.74 Å². The van der Waals surface area contributed by atoms with Crippen LogP contribution >= 0.6 is 11.3 Å². The molecule has 0 N–H and O–H groups in total. The Balaban J connectivity index is 1.95. The molecule has 0 spiro atoms. The highest BCUT2D eigenvalue weighted by atomic mass is 32.1. The molecule has 0 bridgehead atoms. The molecule has 2 aromatic rings. The lowest BCUT2D eigenvalue weighted by Crippen LogP contribution is -2.03. The zero-order valence-electron chi connectivity index (χ0n) is 9.67. The molecule has 0 fully saturated rings. The highest BCUT2D eigenvalue weighted by Gasteiger charge is 2.24. The van der Waals surface area contributed by atoms with Crippen molar-refractivity contribution < 1.29 is 13.9 Å². The molecule has 1 aliphatic rings. The zero-order valence-corrected chi connectivity index (χ0v) is 10.5. The van der Waals surface area contributed by atoms with Gasteiger partial charge in [0.25, 0.3) is 0 Å². The monoisotopic (exact) mass is 273 g/mol. The third-order valence-corrected chi connectivity index (χ3v) is 3.36. The van der Waals surface area contributed by atoms with Gasteiger partial charge in [-0.05, 0) is 35.2 Å². The molecule has 94 valence electrons. The van der Waals surface area contributed by atoms with Crippen molar-refractivity contribution in [2.24, 2.45) is 4.99 Å². The van der Waals surface area contributed by atoms with Gasteiger partial charge in [-0.3, -0.25) is 0 Å². The number of halogens is 1. The average molecular weight is 273 g/mol. The van der Waals surface area contributed by atoms with E-state index >= 15 is 0 Å². The van der Waals surface area contributed by atoms with Gasteiger partial charge < -0.3 is 4.74 Å². The standard InChI is InChI=1S/C14H8FNO2S/c15-10-4-1-3-9(7-10)8-11-14(17)18-13(16-11)12-5-2-6-19-12/h1-8H/b11-8-. The van der Waals surface area contributed by atoms with Crippen LogP contribution in [0.1, 0.15) is 10.4 Å². The number of hydrogen-bond acceptors (Lipinski definition) is 4. The first-order chi connectivity index (χ1) is 9.22. The van der Waals surface area contributed by atoms with Gasteiger partial charge in [-0.15, -0.1) is 11.3 Å². The number of cyclic esters (lactones) is 1. The molecule has 0 aliphatic carbocycles. The molecule has 0 atom stereocenters. The van der Waals surface area contributed by atoms with Gasteiger partial charge >= 0.3 is 5.97 Å². The maximum Gasteiger partial charge on any atom is 0.363 e. The second-order valence-electron chi connectivity index (χ2n) is 3.87. The van der Waals surface area contributed by atoms with E-state index in [1.807, 2.05) is 17.5 Å². The minimum Gasteiger partial charge on any atom is -0.401 e. The Morgan fingerprint density at radius 1 is 1.26 bits per heavy atom. The number of benzene rings is 1. The largest absolute Gasteiger partial charge is 0.401 e. The third kappa shape index (κ3) is 2.46. The fraction of sp³-hybridized carbons (Fsp3) is 0. The van der Waals surface area contributed by atoms with Crippen molar-refractivity contribution >= 4 is 29.3 Å². The van der Waals surface area contributed by atoms with Crippen LogP contribution in [0.15, 0.2) is 52.5 Å². The van der Waals surface area contributed by atoms with Gasteiger partial charge in [-0.2, -0.15) is 0 Å². The molecule has 0 saturated carbocycles. The quantitative estimate of drug-likeness (QED) is 0.622. The van der Waals surface area contributed by atoms with Gasteiger partial charge in [0.05, 0.1) is 4.88 Å². The predicted octanol–water partition coefficient (Wildman–Crippen LogP) is 3.23. The third-order valence-electron chi connectivity index (χ3n) is 2.50. The van der Waals surface area contributed by atoms with Crippen LogP contribution in [-0.2, 0) is 9.53 Å². The average Bonchev–Trinajstić information content (AvgIpc) is 3.00. The fourth-order valence-electron chi connectivity index (χ4n) is 1.67.